The van der Waals surface area contributed by atoms with Gasteiger partial charge in [0.05, 0.1) is 22.3 Å². The minimum absolute atomic E-state index is 0.144. The summed E-state index contributed by atoms with van der Waals surface area (Å²) < 4.78 is 6.90. The number of aromatic hydroxyl groups is 1. The fourth-order valence-corrected chi connectivity index (χ4v) is 4.14. The Morgan fingerprint density at radius 2 is 2.07 bits per heavy atom. The third-order valence-electron chi connectivity index (χ3n) is 5.33. The molecule has 0 aliphatic carbocycles. The second-order valence-corrected chi connectivity index (χ2v) is 8.12. The molecule has 0 atom stereocenters. The minimum Gasteiger partial charge on any atom is -0.507 e. The average molecular weight is 455 g/mol. The molecule has 0 spiro atoms. The van der Waals surface area contributed by atoms with Crippen LogP contribution in [0.5, 0.6) is 11.5 Å². The number of carbonyl (C=O) groups excluding carboxylic acids is 1. The Kier molecular flexibility index (Phi) is 4.61. The maximum atomic E-state index is 12.9. The van der Waals surface area contributed by atoms with Crippen LogP contribution < -0.4 is 10.1 Å². The molecule has 7 nitrogen and oxygen atoms in total. The number of allylic oxidation sites excluding steroid dienone is 1. The van der Waals surface area contributed by atoms with Crippen molar-refractivity contribution in [3.8, 4) is 11.5 Å². The highest BCUT2D eigenvalue weighted by atomic mass is 79.9. The molecule has 2 aliphatic rings. The van der Waals surface area contributed by atoms with Crippen LogP contribution in [-0.2, 0) is 6.54 Å². The topological polar surface area (TPSA) is 90.5 Å². The molecule has 0 saturated carbocycles. The Hall–Kier alpha value is -2.68. The Morgan fingerprint density at radius 3 is 2.90 bits per heavy atom. The van der Waals surface area contributed by atoms with E-state index in [0.717, 1.165) is 41.6 Å². The molecule has 3 N–H and O–H groups in total. The second-order valence-electron chi connectivity index (χ2n) is 7.20. The number of phenols is 1. The number of H-pyrrole nitrogens is 1. The monoisotopic (exact) mass is 454 g/mol. The Balaban J connectivity index is 1.50. The molecule has 5 rings (SSSR count). The van der Waals surface area contributed by atoms with Crippen LogP contribution in [-0.4, -0.2) is 52.2 Å². The zero-order valence-corrected chi connectivity index (χ0v) is 17.1. The number of halogens is 1. The van der Waals surface area contributed by atoms with Crippen LogP contribution in [0.2, 0.25) is 0 Å². The quantitative estimate of drug-likeness (QED) is 0.526. The lowest BCUT2D eigenvalue weighted by atomic mass is 10.0. The summed E-state index contributed by atoms with van der Waals surface area (Å²) in [5.74, 6) is 0.597. The van der Waals surface area contributed by atoms with Crippen LogP contribution >= 0.6 is 15.9 Å². The summed E-state index contributed by atoms with van der Waals surface area (Å²) in [6, 6.07) is 8.98. The molecule has 29 heavy (non-hydrogen) atoms. The predicted octanol–water partition coefficient (Wildman–Crippen LogP) is 3.05. The molecular formula is C21H19BrN4O3. The van der Waals surface area contributed by atoms with E-state index < -0.39 is 0 Å². The number of rotatable bonds is 3. The predicted molar refractivity (Wildman–Crippen MR) is 113 cm³/mol. The van der Waals surface area contributed by atoms with Crippen LogP contribution in [0.25, 0.3) is 17.0 Å². The number of hydrogen-bond acceptors (Lipinski definition) is 6. The smallest absolute Gasteiger partial charge is 0.232 e. The van der Waals surface area contributed by atoms with E-state index >= 15 is 0 Å². The van der Waals surface area contributed by atoms with Crippen molar-refractivity contribution in [3.05, 3.63) is 57.4 Å². The zero-order valence-electron chi connectivity index (χ0n) is 15.5. The molecule has 2 aromatic carbocycles. The molecule has 2 aliphatic heterocycles. The number of carbonyl (C=O) groups is 1. The second kappa shape index (κ2) is 7.29. The Labute approximate surface area is 175 Å². The normalized spacial score (nSPS) is 18.4. The van der Waals surface area contributed by atoms with E-state index in [1.807, 2.05) is 18.2 Å². The van der Waals surface area contributed by atoms with Crippen molar-refractivity contribution in [2.75, 3.05) is 26.2 Å². The van der Waals surface area contributed by atoms with Gasteiger partial charge in [0.15, 0.2) is 5.76 Å². The highest BCUT2D eigenvalue weighted by molar-refractivity contribution is 9.10. The van der Waals surface area contributed by atoms with Crippen LogP contribution in [0.3, 0.4) is 0 Å². The van der Waals surface area contributed by atoms with Gasteiger partial charge in [-0.1, -0.05) is 15.9 Å². The van der Waals surface area contributed by atoms with E-state index in [1.54, 1.807) is 18.2 Å². The van der Waals surface area contributed by atoms with Gasteiger partial charge < -0.3 is 15.2 Å². The Morgan fingerprint density at radius 1 is 1.24 bits per heavy atom. The maximum Gasteiger partial charge on any atom is 0.232 e. The zero-order chi connectivity index (χ0) is 20.0. The molecule has 0 amide bonds. The van der Waals surface area contributed by atoms with E-state index in [9.17, 15) is 9.90 Å². The van der Waals surface area contributed by atoms with E-state index in [0.29, 0.717) is 29.1 Å². The Bertz CT molecular complexity index is 1150. The number of piperazine rings is 1. The van der Waals surface area contributed by atoms with E-state index in [4.69, 9.17) is 4.74 Å². The molecule has 1 fully saturated rings. The molecule has 0 unspecified atom stereocenters. The van der Waals surface area contributed by atoms with Gasteiger partial charge in [0.25, 0.3) is 0 Å². The van der Waals surface area contributed by atoms with Crippen LogP contribution in [0, 0.1) is 0 Å². The number of nitrogens with one attached hydrogen (secondary N) is 2. The molecule has 1 aromatic heterocycles. The lowest BCUT2D eigenvalue weighted by Crippen LogP contribution is -2.42. The first-order chi connectivity index (χ1) is 14.1. The lowest BCUT2D eigenvalue weighted by molar-refractivity contribution is 0.101. The summed E-state index contributed by atoms with van der Waals surface area (Å²) in [5, 5.41) is 21.9. The average Bonchev–Trinajstić information content (AvgIpc) is 3.26. The van der Waals surface area contributed by atoms with Crippen molar-refractivity contribution in [2.24, 2.45) is 0 Å². The van der Waals surface area contributed by atoms with Crippen molar-refractivity contribution in [1.29, 1.82) is 0 Å². The number of hydrogen-bond donors (Lipinski definition) is 3. The number of phenolic OH excluding ortho intramolecular Hbond substituents is 1. The highest BCUT2D eigenvalue weighted by Crippen LogP contribution is 2.40. The van der Waals surface area contributed by atoms with Gasteiger partial charge in [-0.25, -0.2) is 0 Å². The molecule has 148 valence electrons. The van der Waals surface area contributed by atoms with E-state index in [2.05, 4.69) is 36.3 Å². The standard InChI is InChI=1S/C21H19BrN4O3/c22-12-1-3-16-14(9-12)17(25-24-16)10-19-20(28)13-2-4-18(27)15(21(13)29-19)11-26-7-5-23-6-8-26/h1-4,9-10,23,27H,5-8,11H2,(H,24,25). The number of aromatic nitrogens is 2. The van der Waals surface area contributed by atoms with Gasteiger partial charge in [0.2, 0.25) is 5.78 Å². The van der Waals surface area contributed by atoms with Crippen molar-refractivity contribution < 1.29 is 14.6 Å². The van der Waals surface area contributed by atoms with Gasteiger partial charge >= 0.3 is 0 Å². The number of ether oxygens (including phenoxy) is 1. The summed E-state index contributed by atoms with van der Waals surface area (Å²) in [5.41, 5.74) is 2.63. The van der Waals surface area contributed by atoms with E-state index in [-0.39, 0.29) is 17.3 Å². The maximum absolute atomic E-state index is 12.9. The number of Topliss-reactive ketones (excluding diaryl/α,β-unsaturated/α-hetero) is 1. The van der Waals surface area contributed by atoms with Crippen LogP contribution in [0.4, 0.5) is 0 Å². The van der Waals surface area contributed by atoms with Crippen molar-refractivity contribution in [3.63, 3.8) is 0 Å². The highest BCUT2D eigenvalue weighted by Gasteiger charge is 2.32. The third kappa shape index (κ3) is 3.33. The summed E-state index contributed by atoms with van der Waals surface area (Å²) in [6.45, 7) is 4.11. The molecule has 3 aromatic rings. The fraction of sp³-hybridized carbons (Fsp3) is 0.238. The van der Waals surface area contributed by atoms with Gasteiger partial charge in [0, 0.05) is 48.7 Å². The van der Waals surface area contributed by atoms with Gasteiger partial charge in [-0.3, -0.25) is 14.8 Å². The number of nitrogens with zero attached hydrogens (tertiary/aromatic N) is 2. The fourth-order valence-electron chi connectivity index (χ4n) is 3.78. The SMILES string of the molecule is O=C1C(=Cc2n[nH]c3ccc(Br)cc23)Oc2c1ccc(O)c2CN1CCNCC1. The first-order valence-corrected chi connectivity index (χ1v) is 10.3. The van der Waals surface area contributed by atoms with Gasteiger partial charge in [-0.05, 0) is 30.3 Å². The molecule has 1 saturated heterocycles. The van der Waals surface area contributed by atoms with Gasteiger partial charge in [0.1, 0.15) is 11.5 Å². The van der Waals surface area contributed by atoms with Crippen LogP contribution in [0.15, 0.2) is 40.6 Å². The van der Waals surface area contributed by atoms with Gasteiger partial charge in [-0.2, -0.15) is 5.10 Å². The minimum atomic E-state index is -0.201. The number of benzene rings is 2. The van der Waals surface area contributed by atoms with Crippen molar-refractivity contribution in [1.82, 2.24) is 20.4 Å². The molecule has 3 heterocycles. The summed E-state index contributed by atoms with van der Waals surface area (Å²) in [6.07, 6.45) is 1.65. The number of aromatic amines is 1. The van der Waals surface area contributed by atoms with E-state index in [1.165, 1.54) is 0 Å². The summed E-state index contributed by atoms with van der Waals surface area (Å²) >= 11 is 3.47. The third-order valence-corrected chi connectivity index (χ3v) is 5.82. The summed E-state index contributed by atoms with van der Waals surface area (Å²) in [7, 11) is 0. The first kappa shape index (κ1) is 18.4. The molecule has 8 heteroatoms. The lowest BCUT2D eigenvalue weighted by Gasteiger charge is -2.27. The first-order valence-electron chi connectivity index (χ1n) is 9.46. The molecular weight excluding hydrogens is 436 g/mol. The van der Waals surface area contributed by atoms with Crippen LogP contribution in [0.1, 0.15) is 21.6 Å². The number of fused-ring (bicyclic) bond motifs is 2. The summed E-state index contributed by atoms with van der Waals surface area (Å²) in [4.78, 5) is 15.2. The molecule has 0 bridgehead atoms. The van der Waals surface area contributed by atoms with Crippen molar-refractivity contribution in [2.45, 2.75) is 6.54 Å². The van der Waals surface area contributed by atoms with Gasteiger partial charge in [-0.15, -0.1) is 0 Å². The largest absolute Gasteiger partial charge is 0.507 e. The van der Waals surface area contributed by atoms with Crippen molar-refractivity contribution >= 4 is 38.7 Å². The number of ketones is 1. The molecule has 0 radical (unpaired) electrons.